The Labute approximate surface area is 124 Å². The highest BCUT2D eigenvalue weighted by molar-refractivity contribution is 5.89. The molecule has 5 heteroatoms. The predicted octanol–water partition coefficient (Wildman–Crippen LogP) is 2.11. The highest BCUT2D eigenvalue weighted by Crippen LogP contribution is 2.17. The van der Waals surface area contributed by atoms with Crippen LogP contribution in [0.5, 0.6) is 5.75 Å². The summed E-state index contributed by atoms with van der Waals surface area (Å²) in [6.45, 7) is 3.80. The summed E-state index contributed by atoms with van der Waals surface area (Å²) in [7, 11) is 1.33. The van der Waals surface area contributed by atoms with E-state index in [1.54, 1.807) is 24.3 Å². The first-order chi connectivity index (χ1) is 10.1. The van der Waals surface area contributed by atoms with E-state index in [9.17, 15) is 9.59 Å². The summed E-state index contributed by atoms with van der Waals surface area (Å²) in [5.41, 5.74) is 0.411. The average molecular weight is 291 g/mol. The van der Waals surface area contributed by atoms with Crippen LogP contribution in [0.25, 0.3) is 0 Å². The molecule has 1 heterocycles. The zero-order chi connectivity index (χ0) is 15.2. The van der Waals surface area contributed by atoms with Crippen LogP contribution in [0.4, 0.5) is 0 Å². The van der Waals surface area contributed by atoms with Gasteiger partial charge in [-0.1, -0.05) is 13.0 Å². The van der Waals surface area contributed by atoms with Crippen molar-refractivity contribution in [3.63, 3.8) is 0 Å². The van der Waals surface area contributed by atoms with Gasteiger partial charge >= 0.3 is 5.97 Å². The highest BCUT2D eigenvalue weighted by atomic mass is 16.5. The Kier molecular flexibility index (Phi) is 5.20. The van der Waals surface area contributed by atoms with Crippen molar-refractivity contribution in [3.05, 3.63) is 29.8 Å². The first-order valence-corrected chi connectivity index (χ1v) is 7.19. The van der Waals surface area contributed by atoms with E-state index in [-0.39, 0.29) is 12.5 Å². The molecule has 114 valence electrons. The van der Waals surface area contributed by atoms with E-state index in [0.717, 1.165) is 25.9 Å². The number of benzene rings is 1. The first-order valence-electron chi connectivity index (χ1n) is 7.19. The highest BCUT2D eigenvalue weighted by Gasteiger charge is 2.20. The monoisotopic (exact) mass is 291 g/mol. The summed E-state index contributed by atoms with van der Waals surface area (Å²) < 4.78 is 10.1. The van der Waals surface area contributed by atoms with E-state index in [1.807, 2.05) is 4.90 Å². The number of hydrogen-bond donors (Lipinski definition) is 0. The molecule has 1 aromatic carbocycles. The lowest BCUT2D eigenvalue weighted by molar-refractivity contribution is -0.134. The quantitative estimate of drug-likeness (QED) is 0.797. The number of ether oxygens (including phenoxy) is 2. The van der Waals surface area contributed by atoms with E-state index >= 15 is 0 Å². The molecule has 1 aliphatic rings. The molecule has 0 saturated carbocycles. The van der Waals surface area contributed by atoms with Crippen LogP contribution >= 0.6 is 0 Å². The van der Waals surface area contributed by atoms with Crippen LogP contribution in [-0.2, 0) is 9.53 Å². The minimum absolute atomic E-state index is 0.000985. The SMILES string of the molecule is COC(=O)c1cccc(OCC(=O)N2CCC(C)CC2)c1. The number of nitrogens with zero attached hydrogens (tertiary/aromatic N) is 1. The van der Waals surface area contributed by atoms with Gasteiger partial charge in [0.1, 0.15) is 5.75 Å². The molecule has 21 heavy (non-hydrogen) atoms. The lowest BCUT2D eigenvalue weighted by Gasteiger charge is -2.30. The third kappa shape index (κ3) is 4.21. The van der Waals surface area contributed by atoms with Crippen molar-refractivity contribution in [2.75, 3.05) is 26.8 Å². The van der Waals surface area contributed by atoms with Gasteiger partial charge in [0, 0.05) is 13.1 Å². The van der Waals surface area contributed by atoms with Gasteiger partial charge in [-0.3, -0.25) is 4.79 Å². The van der Waals surface area contributed by atoms with Gasteiger partial charge in [-0.15, -0.1) is 0 Å². The number of rotatable bonds is 4. The Hall–Kier alpha value is -2.04. The minimum atomic E-state index is -0.420. The van der Waals surface area contributed by atoms with Crippen LogP contribution in [0, 0.1) is 5.92 Å². The van der Waals surface area contributed by atoms with Crippen molar-refractivity contribution in [2.24, 2.45) is 5.92 Å². The number of piperidine rings is 1. The summed E-state index contributed by atoms with van der Waals surface area (Å²) in [6, 6.07) is 6.65. The fourth-order valence-corrected chi connectivity index (χ4v) is 2.33. The van der Waals surface area contributed by atoms with Gasteiger partial charge in [-0.25, -0.2) is 4.79 Å². The Balaban J connectivity index is 1.88. The molecule has 1 amide bonds. The zero-order valence-electron chi connectivity index (χ0n) is 12.5. The summed E-state index contributed by atoms with van der Waals surface area (Å²) in [6.07, 6.45) is 2.09. The Morgan fingerprint density at radius 2 is 2.00 bits per heavy atom. The zero-order valence-corrected chi connectivity index (χ0v) is 12.5. The van der Waals surface area contributed by atoms with Gasteiger partial charge in [0.25, 0.3) is 5.91 Å². The van der Waals surface area contributed by atoms with Crippen LogP contribution in [0.3, 0.4) is 0 Å². The molecule has 1 aromatic rings. The van der Waals surface area contributed by atoms with Crippen LogP contribution in [-0.4, -0.2) is 43.6 Å². The standard InChI is InChI=1S/C16H21NO4/c1-12-6-8-17(9-7-12)15(18)11-21-14-5-3-4-13(10-14)16(19)20-2/h3-5,10,12H,6-9,11H2,1-2H3. The molecule has 0 bridgehead atoms. The summed E-state index contributed by atoms with van der Waals surface area (Å²) in [5.74, 6) is 0.755. The Morgan fingerprint density at radius 1 is 1.29 bits per heavy atom. The van der Waals surface area contributed by atoms with Crippen molar-refractivity contribution < 1.29 is 19.1 Å². The van der Waals surface area contributed by atoms with Crippen LogP contribution < -0.4 is 4.74 Å². The lowest BCUT2D eigenvalue weighted by atomic mass is 9.99. The number of likely N-dealkylation sites (tertiary alicyclic amines) is 1. The Morgan fingerprint density at radius 3 is 2.67 bits per heavy atom. The smallest absolute Gasteiger partial charge is 0.337 e. The fourth-order valence-electron chi connectivity index (χ4n) is 2.33. The topological polar surface area (TPSA) is 55.8 Å². The molecule has 0 N–H and O–H groups in total. The molecular weight excluding hydrogens is 270 g/mol. The summed E-state index contributed by atoms with van der Waals surface area (Å²) in [5, 5.41) is 0. The van der Waals surface area contributed by atoms with Gasteiger partial charge in [0.2, 0.25) is 0 Å². The second-order valence-corrected chi connectivity index (χ2v) is 5.37. The molecule has 0 radical (unpaired) electrons. The summed E-state index contributed by atoms with van der Waals surface area (Å²) >= 11 is 0. The predicted molar refractivity (Wildman–Crippen MR) is 78.3 cm³/mol. The largest absolute Gasteiger partial charge is 0.484 e. The number of carbonyl (C=O) groups is 2. The van der Waals surface area contributed by atoms with Crippen molar-refractivity contribution in [1.29, 1.82) is 0 Å². The molecule has 1 aliphatic heterocycles. The first kappa shape index (κ1) is 15.4. The maximum atomic E-state index is 12.1. The van der Waals surface area contributed by atoms with Crippen molar-refractivity contribution in [3.8, 4) is 5.75 Å². The van der Waals surface area contributed by atoms with Crippen LogP contribution in [0.15, 0.2) is 24.3 Å². The van der Waals surface area contributed by atoms with Gasteiger partial charge in [-0.2, -0.15) is 0 Å². The molecule has 0 atom stereocenters. The van der Waals surface area contributed by atoms with Gasteiger partial charge in [-0.05, 0) is 37.0 Å². The molecule has 0 spiro atoms. The van der Waals surface area contributed by atoms with E-state index in [0.29, 0.717) is 17.2 Å². The van der Waals surface area contributed by atoms with E-state index in [4.69, 9.17) is 4.74 Å². The van der Waals surface area contributed by atoms with E-state index in [1.165, 1.54) is 7.11 Å². The maximum Gasteiger partial charge on any atom is 0.337 e. The summed E-state index contributed by atoms with van der Waals surface area (Å²) in [4.78, 5) is 25.3. The molecule has 1 saturated heterocycles. The molecule has 5 nitrogen and oxygen atoms in total. The number of amides is 1. The Bertz CT molecular complexity index is 507. The molecule has 0 unspecified atom stereocenters. The molecular formula is C16H21NO4. The average Bonchev–Trinajstić information content (AvgIpc) is 2.52. The van der Waals surface area contributed by atoms with E-state index < -0.39 is 5.97 Å². The molecule has 0 aromatic heterocycles. The molecule has 2 rings (SSSR count). The molecule has 0 aliphatic carbocycles. The normalized spacial score (nSPS) is 15.6. The lowest BCUT2D eigenvalue weighted by Crippen LogP contribution is -2.40. The van der Waals surface area contributed by atoms with Crippen molar-refractivity contribution in [1.82, 2.24) is 4.90 Å². The fraction of sp³-hybridized carbons (Fsp3) is 0.500. The minimum Gasteiger partial charge on any atom is -0.484 e. The number of esters is 1. The number of carbonyl (C=O) groups excluding carboxylic acids is 2. The third-order valence-electron chi connectivity index (χ3n) is 3.75. The third-order valence-corrected chi connectivity index (χ3v) is 3.75. The van der Waals surface area contributed by atoms with Crippen LogP contribution in [0.1, 0.15) is 30.1 Å². The van der Waals surface area contributed by atoms with Crippen molar-refractivity contribution in [2.45, 2.75) is 19.8 Å². The van der Waals surface area contributed by atoms with Gasteiger partial charge in [0.05, 0.1) is 12.7 Å². The second-order valence-electron chi connectivity index (χ2n) is 5.37. The van der Waals surface area contributed by atoms with Gasteiger partial charge in [0.15, 0.2) is 6.61 Å². The second kappa shape index (κ2) is 7.11. The van der Waals surface area contributed by atoms with Crippen LogP contribution in [0.2, 0.25) is 0 Å². The van der Waals surface area contributed by atoms with Crippen molar-refractivity contribution >= 4 is 11.9 Å². The molecule has 1 fully saturated rings. The number of hydrogen-bond acceptors (Lipinski definition) is 4. The van der Waals surface area contributed by atoms with Gasteiger partial charge < -0.3 is 14.4 Å². The maximum absolute atomic E-state index is 12.1. The van der Waals surface area contributed by atoms with E-state index in [2.05, 4.69) is 11.7 Å². The number of methoxy groups -OCH3 is 1.